The van der Waals surface area contributed by atoms with Crippen LogP contribution in [0.3, 0.4) is 0 Å². The van der Waals surface area contributed by atoms with E-state index < -0.39 is 0 Å². The highest BCUT2D eigenvalue weighted by molar-refractivity contribution is 6.30. The number of rotatable bonds is 5. The van der Waals surface area contributed by atoms with Crippen molar-refractivity contribution in [3.8, 4) is 11.5 Å². The maximum Gasteiger partial charge on any atom is 0.130 e. The maximum atomic E-state index is 6.00. The van der Waals surface area contributed by atoms with Crippen LogP contribution in [0.15, 0.2) is 36.4 Å². The quantitative estimate of drug-likeness (QED) is 0.815. The predicted molar refractivity (Wildman–Crippen MR) is 89.4 cm³/mol. The number of ether oxygens (including phenoxy) is 1. The highest BCUT2D eigenvalue weighted by Gasteiger charge is 2.06. The van der Waals surface area contributed by atoms with Crippen molar-refractivity contribution in [2.24, 2.45) is 0 Å². The molecule has 0 atom stereocenters. The topological polar surface area (TPSA) is 21.3 Å². The van der Waals surface area contributed by atoms with E-state index in [1.165, 1.54) is 5.56 Å². The van der Waals surface area contributed by atoms with Gasteiger partial charge in [-0.3, -0.25) is 0 Å². The Hall–Kier alpha value is -1.51. The molecule has 0 fully saturated rings. The molecule has 2 rings (SSSR count). The molecule has 0 saturated carbocycles. The van der Waals surface area contributed by atoms with Crippen LogP contribution in [0, 0.1) is 13.8 Å². The second kappa shape index (κ2) is 6.97. The minimum absolute atomic E-state index is 0.484. The van der Waals surface area contributed by atoms with Gasteiger partial charge in [0.2, 0.25) is 0 Å². The highest BCUT2D eigenvalue weighted by atomic mass is 35.5. The average Bonchev–Trinajstić information content (AvgIpc) is 2.42. The summed E-state index contributed by atoms with van der Waals surface area (Å²) in [5.74, 6) is 1.73. The molecule has 3 heteroatoms. The summed E-state index contributed by atoms with van der Waals surface area (Å²) in [4.78, 5) is 0. The maximum absolute atomic E-state index is 6.00. The standard InChI is InChI=1S/C18H22ClNO/c1-12(2)20-11-15-5-7-17(13(3)9-15)21-18-8-6-16(19)10-14(18)4/h5-10,12,20H,11H2,1-4H3. The lowest BCUT2D eigenvalue weighted by Crippen LogP contribution is -2.21. The number of hydrogen-bond donors (Lipinski definition) is 1. The number of benzene rings is 2. The zero-order valence-electron chi connectivity index (χ0n) is 13.0. The lowest BCUT2D eigenvalue weighted by molar-refractivity contribution is 0.474. The van der Waals surface area contributed by atoms with Gasteiger partial charge in [0, 0.05) is 17.6 Å². The van der Waals surface area contributed by atoms with E-state index in [9.17, 15) is 0 Å². The fourth-order valence-corrected chi connectivity index (χ4v) is 2.33. The molecular formula is C18H22ClNO. The zero-order chi connectivity index (χ0) is 15.4. The van der Waals surface area contributed by atoms with Gasteiger partial charge < -0.3 is 10.1 Å². The molecule has 0 unspecified atom stereocenters. The highest BCUT2D eigenvalue weighted by Crippen LogP contribution is 2.29. The molecule has 0 aromatic heterocycles. The molecule has 0 aliphatic heterocycles. The Bertz CT molecular complexity index is 623. The van der Waals surface area contributed by atoms with Crippen molar-refractivity contribution in [3.63, 3.8) is 0 Å². The average molecular weight is 304 g/mol. The van der Waals surface area contributed by atoms with Crippen molar-refractivity contribution < 1.29 is 4.74 Å². The first-order chi connectivity index (χ1) is 9.95. The van der Waals surface area contributed by atoms with Gasteiger partial charge in [0.05, 0.1) is 0 Å². The van der Waals surface area contributed by atoms with Gasteiger partial charge in [-0.2, -0.15) is 0 Å². The summed E-state index contributed by atoms with van der Waals surface area (Å²) in [6.45, 7) is 9.23. The Morgan fingerprint density at radius 3 is 2.19 bits per heavy atom. The Labute approximate surface area is 132 Å². The molecule has 21 heavy (non-hydrogen) atoms. The van der Waals surface area contributed by atoms with Crippen molar-refractivity contribution >= 4 is 11.6 Å². The van der Waals surface area contributed by atoms with Crippen molar-refractivity contribution in [2.45, 2.75) is 40.3 Å². The van der Waals surface area contributed by atoms with Crippen LogP contribution >= 0.6 is 11.6 Å². The fraction of sp³-hybridized carbons (Fsp3) is 0.333. The number of halogens is 1. The van der Waals surface area contributed by atoms with Crippen molar-refractivity contribution in [3.05, 3.63) is 58.1 Å². The van der Waals surface area contributed by atoms with Crippen LogP contribution in [0.2, 0.25) is 5.02 Å². The molecule has 0 aliphatic carbocycles. The molecule has 2 aromatic rings. The van der Waals surface area contributed by atoms with Crippen LogP contribution in [0.4, 0.5) is 0 Å². The second-order valence-corrected chi connectivity index (χ2v) is 6.08. The third-order valence-electron chi connectivity index (χ3n) is 3.31. The first-order valence-corrected chi connectivity index (χ1v) is 7.60. The van der Waals surface area contributed by atoms with Crippen LogP contribution in [0.5, 0.6) is 11.5 Å². The van der Waals surface area contributed by atoms with Crippen LogP contribution in [0.1, 0.15) is 30.5 Å². The summed E-state index contributed by atoms with van der Waals surface area (Å²) < 4.78 is 6.00. The summed E-state index contributed by atoms with van der Waals surface area (Å²) >= 11 is 5.97. The summed E-state index contributed by atoms with van der Waals surface area (Å²) in [6.07, 6.45) is 0. The van der Waals surface area contributed by atoms with Gasteiger partial charge >= 0.3 is 0 Å². The van der Waals surface area contributed by atoms with Gasteiger partial charge in [0.1, 0.15) is 11.5 Å². The van der Waals surface area contributed by atoms with Gasteiger partial charge in [0.25, 0.3) is 0 Å². The van der Waals surface area contributed by atoms with Crippen molar-refractivity contribution in [1.29, 1.82) is 0 Å². The smallest absolute Gasteiger partial charge is 0.130 e. The molecule has 2 nitrogen and oxygen atoms in total. The van der Waals surface area contributed by atoms with Gasteiger partial charge in [-0.25, -0.2) is 0 Å². The Balaban J connectivity index is 2.13. The number of nitrogens with one attached hydrogen (secondary N) is 1. The second-order valence-electron chi connectivity index (χ2n) is 5.65. The first-order valence-electron chi connectivity index (χ1n) is 7.22. The largest absolute Gasteiger partial charge is 0.457 e. The van der Waals surface area contributed by atoms with E-state index >= 15 is 0 Å². The van der Waals surface area contributed by atoms with Gasteiger partial charge in [-0.15, -0.1) is 0 Å². The molecular weight excluding hydrogens is 282 g/mol. The molecule has 0 amide bonds. The molecule has 0 spiro atoms. The van der Waals surface area contributed by atoms with E-state index in [4.69, 9.17) is 16.3 Å². The number of aryl methyl sites for hydroxylation is 2. The van der Waals surface area contributed by atoms with Crippen LogP contribution in [-0.4, -0.2) is 6.04 Å². The van der Waals surface area contributed by atoms with E-state index in [1.54, 1.807) is 0 Å². The number of hydrogen-bond acceptors (Lipinski definition) is 2. The third kappa shape index (κ3) is 4.48. The van der Waals surface area contributed by atoms with Crippen molar-refractivity contribution in [1.82, 2.24) is 5.32 Å². The van der Waals surface area contributed by atoms with Crippen LogP contribution in [0.25, 0.3) is 0 Å². The van der Waals surface area contributed by atoms with Crippen LogP contribution in [-0.2, 0) is 6.54 Å². The molecule has 0 aliphatic rings. The monoisotopic (exact) mass is 303 g/mol. The minimum atomic E-state index is 0.484. The lowest BCUT2D eigenvalue weighted by atomic mass is 10.1. The molecule has 0 radical (unpaired) electrons. The van der Waals surface area contributed by atoms with E-state index in [0.717, 1.165) is 34.2 Å². The SMILES string of the molecule is Cc1cc(Cl)ccc1Oc1ccc(CNC(C)C)cc1C. The fourth-order valence-electron chi connectivity index (χ4n) is 2.10. The predicted octanol–water partition coefficient (Wildman–Crippen LogP) is 5.25. The van der Waals surface area contributed by atoms with E-state index in [-0.39, 0.29) is 0 Å². The molecule has 0 bridgehead atoms. The van der Waals surface area contributed by atoms with E-state index in [2.05, 4.69) is 38.2 Å². The summed E-state index contributed by atoms with van der Waals surface area (Å²) in [5.41, 5.74) is 3.43. The van der Waals surface area contributed by atoms with Gasteiger partial charge in [-0.1, -0.05) is 37.6 Å². The Kier molecular flexibility index (Phi) is 5.27. The Morgan fingerprint density at radius 1 is 1.00 bits per heavy atom. The summed E-state index contributed by atoms with van der Waals surface area (Å²) in [6, 6.07) is 12.4. The lowest BCUT2D eigenvalue weighted by Gasteiger charge is -2.13. The zero-order valence-corrected chi connectivity index (χ0v) is 13.8. The molecule has 0 saturated heterocycles. The summed E-state index contributed by atoms with van der Waals surface area (Å²) in [5, 5.41) is 4.15. The van der Waals surface area contributed by atoms with Crippen molar-refractivity contribution in [2.75, 3.05) is 0 Å². The van der Waals surface area contributed by atoms with E-state index in [0.29, 0.717) is 6.04 Å². The first kappa shape index (κ1) is 15.9. The molecule has 1 N–H and O–H groups in total. The molecule has 112 valence electrons. The van der Waals surface area contributed by atoms with E-state index in [1.807, 2.05) is 31.2 Å². The van der Waals surface area contributed by atoms with Crippen LogP contribution < -0.4 is 10.1 Å². The van der Waals surface area contributed by atoms with Gasteiger partial charge in [-0.05, 0) is 54.8 Å². The third-order valence-corrected chi connectivity index (χ3v) is 3.55. The normalized spacial score (nSPS) is 11.0. The summed E-state index contributed by atoms with van der Waals surface area (Å²) in [7, 11) is 0. The molecule has 0 heterocycles. The minimum Gasteiger partial charge on any atom is -0.457 e. The van der Waals surface area contributed by atoms with Gasteiger partial charge in [0.15, 0.2) is 0 Å². The Morgan fingerprint density at radius 2 is 1.62 bits per heavy atom. The molecule has 2 aromatic carbocycles.